The number of nitrogens with zero attached hydrogens (tertiary/aromatic N) is 2. The largest absolute Gasteiger partial charge is 0.748 e. The second-order valence-corrected chi connectivity index (χ2v) is 9.74. The summed E-state index contributed by atoms with van der Waals surface area (Å²) < 4.78 is 39.1. The van der Waals surface area contributed by atoms with Crippen LogP contribution in [0.2, 0.25) is 0 Å². The molecule has 0 N–H and O–H groups in total. The molecule has 1 fully saturated rings. The van der Waals surface area contributed by atoms with Crippen molar-refractivity contribution < 1.29 is 32.4 Å². The van der Waals surface area contributed by atoms with Gasteiger partial charge in [-0.15, -0.1) is 0 Å². The van der Waals surface area contributed by atoms with Gasteiger partial charge in [-0.2, -0.15) is 0 Å². The van der Waals surface area contributed by atoms with E-state index in [2.05, 4.69) is 0 Å². The van der Waals surface area contributed by atoms with E-state index in [1.54, 1.807) is 54.3 Å². The van der Waals surface area contributed by atoms with Crippen LogP contribution in [-0.2, 0) is 19.7 Å². The van der Waals surface area contributed by atoms with E-state index in [0.717, 1.165) is 16.7 Å². The van der Waals surface area contributed by atoms with Gasteiger partial charge in [0.1, 0.15) is 4.32 Å². The van der Waals surface area contributed by atoms with Crippen LogP contribution < -0.4 is 14.7 Å². The molecule has 9 nitrogen and oxygen atoms in total. The number of thioether (sulfide) groups is 1. The summed E-state index contributed by atoms with van der Waals surface area (Å²) in [4.78, 5) is 25.9. The minimum Gasteiger partial charge on any atom is -0.748 e. The highest BCUT2D eigenvalue weighted by molar-refractivity contribution is 8.26. The van der Waals surface area contributed by atoms with Crippen molar-refractivity contribution in [2.75, 3.05) is 23.7 Å². The first-order chi connectivity index (χ1) is 14.5. The van der Waals surface area contributed by atoms with Gasteiger partial charge in [-0.05, 0) is 36.8 Å². The van der Waals surface area contributed by atoms with Crippen LogP contribution in [0.15, 0.2) is 58.9 Å². The zero-order valence-corrected chi connectivity index (χ0v) is 18.6. The Kier molecular flexibility index (Phi) is 6.84. The number of allylic oxidation sites excluding steroid dienone is 4. The van der Waals surface area contributed by atoms with Crippen molar-refractivity contribution in [1.82, 2.24) is 4.90 Å². The standard InChI is InChI=1S/C19H18N2O7S3/c1-12(10-15-18(24)21(11-17(22)23)19(29)30-15)6-7-16-20(8-9-31(25,26)27)13-4-2-3-5-14(13)28-16/h2-7,10H,8-9,11H2,1H3,(H,22,23)(H,25,26,27)/p-2/b12-6+,15-10?,16-7-. The molecule has 164 valence electrons. The number of amides is 1. The molecule has 0 saturated carbocycles. The van der Waals surface area contributed by atoms with Gasteiger partial charge in [-0.25, -0.2) is 8.42 Å². The summed E-state index contributed by atoms with van der Waals surface area (Å²) in [6.45, 7) is 1.03. The summed E-state index contributed by atoms with van der Waals surface area (Å²) in [5, 5.41) is 10.8. The van der Waals surface area contributed by atoms with E-state index >= 15 is 0 Å². The average Bonchev–Trinajstić information content (AvgIpc) is 3.16. The maximum absolute atomic E-state index is 12.3. The van der Waals surface area contributed by atoms with Gasteiger partial charge in [-0.3, -0.25) is 9.69 Å². The smallest absolute Gasteiger partial charge is 0.266 e. The van der Waals surface area contributed by atoms with E-state index in [9.17, 15) is 27.7 Å². The lowest BCUT2D eigenvalue weighted by Gasteiger charge is -2.19. The molecule has 1 aromatic carbocycles. The van der Waals surface area contributed by atoms with Gasteiger partial charge in [0.25, 0.3) is 5.91 Å². The van der Waals surface area contributed by atoms with Crippen molar-refractivity contribution in [2.24, 2.45) is 0 Å². The third-order valence-corrected chi connectivity index (χ3v) is 6.27. The number of hydrogen-bond donors (Lipinski definition) is 0. The molecule has 0 spiro atoms. The number of carbonyl (C=O) groups excluding carboxylic acids is 2. The first-order valence-corrected chi connectivity index (χ1v) is 11.7. The normalized spacial score (nSPS) is 19.4. The van der Waals surface area contributed by atoms with Crippen LogP contribution in [0.1, 0.15) is 6.92 Å². The highest BCUT2D eigenvalue weighted by Crippen LogP contribution is 2.38. The second-order valence-electron chi connectivity index (χ2n) is 6.54. The molecule has 0 atom stereocenters. The molecular weight excluding hydrogens is 464 g/mol. The second kappa shape index (κ2) is 9.22. The van der Waals surface area contributed by atoms with Gasteiger partial charge in [0.05, 0.1) is 39.0 Å². The molecule has 0 unspecified atom stereocenters. The zero-order valence-electron chi connectivity index (χ0n) is 16.1. The number of carbonyl (C=O) groups is 2. The Morgan fingerprint density at radius 1 is 1.29 bits per heavy atom. The third kappa shape index (κ3) is 5.73. The molecule has 0 radical (unpaired) electrons. The number of aliphatic carboxylic acids is 1. The van der Waals surface area contributed by atoms with Gasteiger partial charge < -0.3 is 24.1 Å². The predicted octanol–water partition coefficient (Wildman–Crippen LogP) is 0.712. The number of thiocarbonyl (C=S) groups is 1. The topological polar surface area (TPSA) is 130 Å². The third-order valence-electron chi connectivity index (χ3n) is 4.21. The first kappa shape index (κ1) is 23.0. The fourth-order valence-corrected chi connectivity index (χ4v) is 4.54. The molecule has 2 aliphatic rings. The Hall–Kier alpha value is -2.67. The van der Waals surface area contributed by atoms with E-state index in [1.165, 1.54) is 0 Å². The van der Waals surface area contributed by atoms with Gasteiger partial charge in [-0.1, -0.05) is 42.2 Å². The van der Waals surface area contributed by atoms with Gasteiger partial charge in [0, 0.05) is 6.54 Å². The lowest BCUT2D eigenvalue weighted by Crippen LogP contribution is -2.40. The Bertz CT molecular complexity index is 1140. The summed E-state index contributed by atoms with van der Waals surface area (Å²) in [6.07, 6.45) is 4.79. The SMILES string of the molecule is C/C(C=C1SC(=S)N(CC(=O)[O-])C1=O)=C\C=C1/Oc2ccccc2N1CCS(=O)(=O)[O-]. The quantitative estimate of drug-likeness (QED) is 0.312. The van der Waals surface area contributed by atoms with Crippen molar-refractivity contribution in [1.29, 1.82) is 0 Å². The highest BCUT2D eigenvalue weighted by atomic mass is 32.2. The number of anilines is 1. The number of carboxylic acids is 1. The van der Waals surface area contributed by atoms with Crippen molar-refractivity contribution in [3.05, 3.63) is 58.9 Å². The van der Waals surface area contributed by atoms with Crippen LogP contribution in [0.5, 0.6) is 5.75 Å². The molecule has 31 heavy (non-hydrogen) atoms. The van der Waals surface area contributed by atoms with Crippen molar-refractivity contribution in [3.8, 4) is 5.75 Å². The molecule has 1 saturated heterocycles. The molecule has 1 aromatic rings. The minimum absolute atomic E-state index is 0.0799. The molecule has 0 aliphatic carbocycles. The van der Waals surface area contributed by atoms with E-state index in [4.69, 9.17) is 17.0 Å². The fourth-order valence-electron chi connectivity index (χ4n) is 2.83. The van der Waals surface area contributed by atoms with E-state index in [0.29, 0.717) is 22.9 Å². The maximum atomic E-state index is 12.3. The number of carboxylic acid groups (broad SMARTS) is 1. The zero-order chi connectivity index (χ0) is 22.8. The number of fused-ring (bicyclic) bond motifs is 1. The minimum atomic E-state index is -4.41. The van der Waals surface area contributed by atoms with Crippen molar-refractivity contribution in [3.63, 3.8) is 0 Å². The summed E-state index contributed by atoms with van der Waals surface area (Å²) in [5.41, 5.74) is 1.27. The summed E-state index contributed by atoms with van der Waals surface area (Å²) in [7, 11) is -4.41. The van der Waals surface area contributed by atoms with E-state index in [1.807, 2.05) is 0 Å². The van der Waals surface area contributed by atoms with Crippen LogP contribution in [0.25, 0.3) is 0 Å². The van der Waals surface area contributed by atoms with Crippen molar-refractivity contribution in [2.45, 2.75) is 6.92 Å². The molecule has 2 heterocycles. The first-order valence-electron chi connectivity index (χ1n) is 8.87. The molecule has 12 heteroatoms. The summed E-state index contributed by atoms with van der Waals surface area (Å²) >= 11 is 6.02. The fraction of sp³-hybridized carbons (Fsp3) is 0.211. The predicted molar refractivity (Wildman–Crippen MR) is 116 cm³/mol. The Labute approximate surface area is 188 Å². The molecule has 3 rings (SSSR count). The Morgan fingerprint density at radius 2 is 2.00 bits per heavy atom. The summed E-state index contributed by atoms with van der Waals surface area (Å²) in [6, 6.07) is 6.99. The maximum Gasteiger partial charge on any atom is 0.266 e. The van der Waals surface area contributed by atoms with Crippen LogP contribution in [-0.4, -0.2) is 52.9 Å². The number of hydrogen-bond acceptors (Lipinski definition) is 10. The Balaban J connectivity index is 1.81. The molecular formula is C19H16N2O7S3-2. The van der Waals surface area contributed by atoms with Crippen LogP contribution in [0.3, 0.4) is 0 Å². The van der Waals surface area contributed by atoms with Gasteiger partial charge in [0.2, 0.25) is 5.88 Å². The van der Waals surface area contributed by atoms with E-state index < -0.39 is 34.3 Å². The summed E-state index contributed by atoms with van der Waals surface area (Å²) in [5.74, 6) is -1.68. The van der Waals surface area contributed by atoms with Crippen LogP contribution in [0.4, 0.5) is 5.69 Å². The molecule has 0 aromatic heterocycles. The van der Waals surface area contributed by atoms with E-state index in [-0.39, 0.29) is 15.8 Å². The lowest BCUT2D eigenvalue weighted by atomic mass is 10.2. The number of benzene rings is 1. The molecule has 2 aliphatic heterocycles. The highest BCUT2D eigenvalue weighted by Gasteiger charge is 2.32. The number of ether oxygens (including phenoxy) is 1. The molecule has 1 amide bonds. The lowest BCUT2D eigenvalue weighted by molar-refractivity contribution is -0.305. The van der Waals surface area contributed by atoms with Gasteiger partial charge in [0.15, 0.2) is 5.75 Å². The monoisotopic (exact) mass is 480 g/mol. The number of rotatable bonds is 7. The van der Waals surface area contributed by atoms with Gasteiger partial charge >= 0.3 is 0 Å². The average molecular weight is 481 g/mol. The number of para-hydroxylation sites is 2. The molecule has 0 bridgehead atoms. The van der Waals surface area contributed by atoms with Crippen LogP contribution in [0, 0.1) is 0 Å². The van der Waals surface area contributed by atoms with Crippen molar-refractivity contribution >= 4 is 56.0 Å². The van der Waals surface area contributed by atoms with Crippen LogP contribution >= 0.6 is 24.0 Å². The Morgan fingerprint density at radius 3 is 2.68 bits per heavy atom.